The fraction of sp³-hybridized carbons (Fsp3) is 0.500. The van der Waals surface area contributed by atoms with Crippen LogP contribution in [0.1, 0.15) is 18.3 Å². The van der Waals surface area contributed by atoms with E-state index in [0.29, 0.717) is 18.1 Å². The van der Waals surface area contributed by atoms with Crippen molar-refractivity contribution in [2.24, 2.45) is 0 Å². The molecule has 6 heteroatoms. The van der Waals surface area contributed by atoms with Gasteiger partial charge in [-0.15, -0.1) is 0 Å². The van der Waals surface area contributed by atoms with E-state index in [1.807, 2.05) is 26.0 Å². The van der Waals surface area contributed by atoms with Crippen LogP contribution in [0.25, 0.3) is 0 Å². The molecule has 18 heavy (non-hydrogen) atoms. The number of nitrogens with one attached hydrogen (secondary N) is 1. The molecular formula is C12H16N6. The molecule has 0 aliphatic carbocycles. The molecule has 1 aromatic rings. The number of nitrogens with zero attached hydrogens (tertiary/aromatic N) is 5. The maximum atomic E-state index is 8.81. The molecule has 0 saturated heterocycles. The minimum absolute atomic E-state index is 0.137. The third kappa shape index (κ3) is 2.86. The van der Waals surface area contributed by atoms with Gasteiger partial charge < -0.3 is 10.2 Å². The van der Waals surface area contributed by atoms with Crippen LogP contribution in [-0.2, 0) is 6.42 Å². The van der Waals surface area contributed by atoms with Gasteiger partial charge in [0, 0.05) is 19.0 Å². The molecule has 1 rings (SSSR count). The summed E-state index contributed by atoms with van der Waals surface area (Å²) in [6.45, 7) is 4.12. The van der Waals surface area contributed by atoms with Gasteiger partial charge in [-0.1, -0.05) is 6.92 Å². The molecular weight excluding hydrogens is 228 g/mol. The normalized spacial score (nSPS) is 9.39. The largest absolute Gasteiger partial charge is 0.373 e. The Morgan fingerprint density at radius 3 is 2.28 bits per heavy atom. The molecule has 0 aliphatic heterocycles. The minimum atomic E-state index is 0.137. The van der Waals surface area contributed by atoms with Crippen molar-refractivity contribution in [3.8, 4) is 12.1 Å². The minimum Gasteiger partial charge on any atom is -0.373 e. The van der Waals surface area contributed by atoms with Crippen LogP contribution >= 0.6 is 0 Å². The zero-order chi connectivity index (χ0) is 13.5. The molecule has 94 valence electrons. The zero-order valence-electron chi connectivity index (χ0n) is 10.9. The van der Waals surface area contributed by atoms with E-state index in [0.717, 1.165) is 11.4 Å². The van der Waals surface area contributed by atoms with E-state index >= 15 is 0 Å². The zero-order valence-corrected chi connectivity index (χ0v) is 10.9. The standard InChI is InChI=1S/C12H16N6/c1-4-10-16-11(15-3)9(2)12(17-10)18(7-5-13)8-6-14/h4,7-8H2,1-3H3,(H,15,16,17). The highest BCUT2D eigenvalue weighted by Crippen LogP contribution is 2.23. The van der Waals surface area contributed by atoms with E-state index in [9.17, 15) is 0 Å². The highest BCUT2D eigenvalue weighted by Gasteiger charge is 2.15. The van der Waals surface area contributed by atoms with Crippen LogP contribution in [0.3, 0.4) is 0 Å². The first-order valence-corrected chi connectivity index (χ1v) is 5.72. The van der Waals surface area contributed by atoms with Crippen LogP contribution in [0.4, 0.5) is 11.6 Å². The SMILES string of the molecule is CCc1nc(NC)c(C)c(N(CC#N)CC#N)n1. The van der Waals surface area contributed by atoms with Crippen LogP contribution in [0.5, 0.6) is 0 Å². The van der Waals surface area contributed by atoms with Crippen molar-refractivity contribution in [1.29, 1.82) is 10.5 Å². The summed E-state index contributed by atoms with van der Waals surface area (Å²) in [6, 6.07) is 4.09. The molecule has 0 unspecified atom stereocenters. The Morgan fingerprint density at radius 2 is 1.83 bits per heavy atom. The lowest BCUT2D eigenvalue weighted by molar-refractivity contribution is 0.869. The second-order valence-electron chi connectivity index (χ2n) is 3.71. The molecule has 0 amide bonds. The highest BCUT2D eigenvalue weighted by atomic mass is 15.2. The van der Waals surface area contributed by atoms with Gasteiger partial charge in [-0.05, 0) is 6.92 Å². The van der Waals surface area contributed by atoms with Crippen LogP contribution in [0.2, 0.25) is 0 Å². The van der Waals surface area contributed by atoms with Gasteiger partial charge in [0.1, 0.15) is 30.5 Å². The van der Waals surface area contributed by atoms with Gasteiger partial charge in [0.2, 0.25) is 0 Å². The summed E-state index contributed by atoms with van der Waals surface area (Å²) in [6.07, 6.45) is 0.703. The fourth-order valence-electron chi connectivity index (χ4n) is 1.64. The monoisotopic (exact) mass is 244 g/mol. The molecule has 0 radical (unpaired) electrons. The van der Waals surface area contributed by atoms with E-state index in [4.69, 9.17) is 10.5 Å². The Bertz CT molecular complexity index is 481. The fourth-order valence-corrected chi connectivity index (χ4v) is 1.64. The first kappa shape index (κ1) is 13.7. The van der Waals surface area contributed by atoms with Gasteiger partial charge >= 0.3 is 0 Å². The lowest BCUT2D eigenvalue weighted by atomic mass is 10.2. The molecule has 6 nitrogen and oxygen atoms in total. The Labute approximate surface area is 107 Å². The lowest BCUT2D eigenvalue weighted by Crippen LogP contribution is -2.26. The Morgan fingerprint density at radius 1 is 1.22 bits per heavy atom. The summed E-state index contributed by atoms with van der Waals surface area (Å²) in [7, 11) is 1.79. The Kier molecular flexibility index (Phi) is 4.89. The summed E-state index contributed by atoms with van der Waals surface area (Å²) in [5, 5.41) is 20.6. The van der Waals surface area contributed by atoms with Crippen molar-refractivity contribution in [1.82, 2.24) is 9.97 Å². The van der Waals surface area contributed by atoms with Gasteiger partial charge in [-0.3, -0.25) is 0 Å². The van der Waals surface area contributed by atoms with Crippen LogP contribution < -0.4 is 10.2 Å². The molecule has 0 bridgehead atoms. The van der Waals surface area contributed by atoms with Gasteiger partial charge in [0.15, 0.2) is 0 Å². The number of rotatable bonds is 5. The van der Waals surface area contributed by atoms with E-state index in [-0.39, 0.29) is 13.1 Å². The van der Waals surface area contributed by atoms with Gasteiger partial charge in [-0.2, -0.15) is 10.5 Å². The highest BCUT2D eigenvalue weighted by molar-refractivity contribution is 5.59. The Balaban J connectivity index is 3.28. The topological polar surface area (TPSA) is 88.6 Å². The maximum absolute atomic E-state index is 8.81. The van der Waals surface area contributed by atoms with Crippen LogP contribution in [0.15, 0.2) is 0 Å². The van der Waals surface area contributed by atoms with Crippen molar-refractivity contribution in [2.45, 2.75) is 20.3 Å². The van der Waals surface area contributed by atoms with E-state index in [1.54, 1.807) is 11.9 Å². The third-order valence-corrected chi connectivity index (χ3v) is 2.54. The van der Waals surface area contributed by atoms with E-state index < -0.39 is 0 Å². The first-order chi connectivity index (χ1) is 8.67. The quantitative estimate of drug-likeness (QED) is 0.784. The summed E-state index contributed by atoms with van der Waals surface area (Å²) in [5.41, 5.74) is 0.847. The molecule has 0 fully saturated rings. The van der Waals surface area contributed by atoms with Crippen molar-refractivity contribution >= 4 is 11.6 Å². The molecule has 0 saturated carbocycles. The number of aromatic nitrogens is 2. The second kappa shape index (κ2) is 6.41. The maximum Gasteiger partial charge on any atom is 0.139 e. The summed E-state index contributed by atoms with van der Waals surface area (Å²) in [4.78, 5) is 10.4. The number of nitriles is 2. The van der Waals surface area contributed by atoms with Crippen LogP contribution in [-0.4, -0.2) is 30.1 Å². The molecule has 0 spiro atoms. The average Bonchev–Trinajstić information content (AvgIpc) is 2.39. The van der Waals surface area contributed by atoms with E-state index in [2.05, 4.69) is 15.3 Å². The van der Waals surface area contributed by atoms with Crippen molar-refractivity contribution in [3.63, 3.8) is 0 Å². The first-order valence-electron chi connectivity index (χ1n) is 5.72. The van der Waals surface area contributed by atoms with Crippen LogP contribution in [0, 0.1) is 29.6 Å². The lowest BCUT2D eigenvalue weighted by Gasteiger charge is -2.21. The summed E-state index contributed by atoms with van der Waals surface area (Å²) >= 11 is 0. The molecule has 1 aromatic heterocycles. The number of anilines is 2. The summed E-state index contributed by atoms with van der Waals surface area (Å²) < 4.78 is 0. The summed E-state index contributed by atoms with van der Waals surface area (Å²) in [5.74, 6) is 2.08. The molecule has 1 N–H and O–H groups in total. The predicted molar refractivity (Wildman–Crippen MR) is 69.1 cm³/mol. The average molecular weight is 244 g/mol. The number of hydrogen-bond donors (Lipinski definition) is 1. The van der Waals surface area contributed by atoms with Crippen molar-refractivity contribution in [2.75, 3.05) is 30.4 Å². The molecule has 0 aromatic carbocycles. The molecule has 1 heterocycles. The third-order valence-electron chi connectivity index (χ3n) is 2.54. The van der Waals surface area contributed by atoms with Gasteiger partial charge in [0.05, 0.1) is 12.1 Å². The van der Waals surface area contributed by atoms with E-state index in [1.165, 1.54) is 0 Å². The number of aryl methyl sites for hydroxylation is 1. The van der Waals surface area contributed by atoms with Crippen molar-refractivity contribution < 1.29 is 0 Å². The number of hydrogen-bond acceptors (Lipinski definition) is 6. The van der Waals surface area contributed by atoms with Gasteiger partial charge in [-0.25, -0.2) is 9.97 Å². The Hall–Kier alpha value is -2.34. The smallest absolute Gasteiger partial charge is 0.139 e. The second-order valence-corrected chi connectivity index (χ2v) is 3.71. The molecule has 0 aliphatic rings. The van der Waals surface area contributed by atoms with Gasteiger partial charge in [0.25, 0.3) is 0 Å². The molecule has 0 atom stereocenters. The predicted octanol–water partition coefficient (Wildman–Crippen LogP) is 1.24. The van der Waals surface area contributed by atoms with Crippen molar-refractivity contribution in [3.05, 3.63) is 11.4 Å².